The van der Waals surface area contributed by atoms with Crippen molar-refractivity contribution in [3.8, 4) is 29.0 Å². The van der Waals surface area contributed by atoms with Crippen LogP contribution in [0.15, 0.2) is 36.4 Å². The third-order valence-electron chi connectivity index (χ3n) is 6.30. The van der Waals surface area contributed by atoms with Gasteiger partial charge in [-0.25, -0.2) is 4.79 Å². The van der Waals surface area contributed by atoms with Gasteiger partial charge in [0.05, 0.1) is 38.1 Å². The van der Waals surface area contributed by atoms with E-state index < -0.39 is 0 Å². The maximum atomic E-state index is 12.2. The Labute approximate surface area is 227 Å². The minimum Gasteiger partial charge on any atom is -0.493 e. The molecule has 12 nitrogen and oxygen atoms in total. The van der Waals surface area contributed by atoms with E-state index in [0.717, 1.165) is 12.8 Å². The highest BCUT2D eigenvalue weighted by molar-refractivity contribution is 5.68. The number of hydrogen-bond acceptors (Lipinski definition) is 10. The van der Waals surface area contributed by atoms with Crippen molar-refractivity contribution >= 4 is 23.7 Å². The van der Waals surface area contributed by atoms with E-state index in [9.17, 15) is 4.79 Å². The molecule has 2 aromatic carbocycles. The Morgan fingerprint density at radius 1 is 1.15 bits per heavy atom. The summed E-state index contributed by atoms with van der Waals surface area (Å²) in [5.41, 5.74) is 7.90. The topological polar surface area (TPSA) is 150 Å². The van der Waals surface area contributed by atoms with E-state index in [2.05, 4.69) is 28.4 Å². The molecule has 0 radical (unpaired) electrons. The minimum absolute atomic E-state index is 0.115. The SMILES string of the molecule is CCCCOC(=O)N1CCC(Oc2c(OC)cc(Nc3nc(N)n(-c4ccc(C#N)cc4)n3)cc2OC)CC1. The Bertz CT molecular complexity index is 1290. The van der Waals surface area contributed by atoms with Crippen LogP contribution in [0.2, 0.25) is 0 Å². The Morgan fingerprint density at radius 2 is 1.82 bits per heavy atom. The molecule has 2 heterocycles. The molecule has 1 amide bonds. The van der Waals surface area contributed by atoms with Crippen LogP contribution in [0.4, 0.5) is 22.4 Å². The number of amides is 1. The molecule has 0 aliphatic carbocycles. The Morgan fingerprint density at radius 3 is 2.41 bits per heavy atom. The summed E-state index contributed by atoms with van der Waals surface area (Å²) in [7, 11) is 3.10. The lowest BCUT2D eigenvalue weighted by Gasteiger charge is -2.32. The number of nitrogens with one attached hydrogen (secondary N) is 1. The first-order valence-corrected chi connectivity index (χ1v) is 12.8. The summed E-state index contributed by atoms with van der Waals surface area (Å²) < 4.78 is 24.3. The van der Waals surface area contributed by atoms with Gasteiger partial charge >= 0.3 is 6.09 Å². The Balaban J connectivity index is 1.44. The van der Waals surface area contributed by atoms with Crippen LogP contribution in [0.25, 0.3) is 5.69 Å². The van der Waals surface area contributed by atoms with Gasteiger partial charge in [-0.3, -0.25) is 0 Å². The number of nitrogens with zero attached hydrogens (tertiary/aromatic N) is 5. The van der Waals surface area contributed by atoms with Gasteiger partial charge in [0.25, 0.3) is 0 Å². The number of hydrogen-bond donors (Lipinski definition) is 2. The molecule has 1 aromatic heterocycles. The smallest absolute Gasteiger partial charge is 0.409 e. The van der Waals surface area contributed by atoms with Crippen LogP contribution >= 0.6 is 0 Å². The summed E-state index contributed by atoms with van der Waals surface area (Å²) >= 11 is 0. The number of anilines is 3. The number of piperidine rings is 1. The zero-order chi connectivity index (χ0) is 27.8. The van der Waals surface area contributed by atoms with E-state index >= 15 is 0 Å². The fourth-order valence-corrected chi connectivity index (χ4v) is 4.16. The molecule has 1 fully saturated rings. The monoisotopic (exact) mass is 535 g/mol. The molecule has 1 aliphatic heterocycles. The number of ether oxygens (including phenoxy) is 4. The molecule has 3 N–H and O–H groups in total. The number of nitriles is 1. The van der Waals surface area contributed by atoms with Crippen molar-refractivity contribution in [3.63, 3.8) is 0 Å². The van der Waals surface area contributed by atoms with Crippen molar-refractivity contribution in [2.24, 2.45) is 0 Å². The van der Waals surface area contributed by atoms with Crippen LogP contribution in [0.3, 0.4) is 0 Å². The second-order valence-corrected chi connectivity index (χ2v) is 8.97. The fraction of sp³-hybridized carbons (Fsp3) is 0.407. The van der Waals surface area contributed by atoms with Crippen LogP contribution in [0.5, 0.6) is 17.2 Å². The fourth-order valence-electron chi connectivity index (χ4n) is 4.16. The number of methoxy groups -OCH3 is 2. The summed E-state index contributed by atoms with van der Waals surface area (Å²) in [5, 5.41) is 16.6. The highest BCUT2D eigenvalue weighted by Gasteiger charge is 2.27. The minimum atomic E-state index is -0.275. The molecule has 0 spiro atoms. The van der Waals surface area contributed by atoms with Crippen LogP contribution in [-0.2, 0) is 4.74 Å². The quantitative estimate of drug-likeness (QED) is 0.360. The number of unbranched alkanes of at least 4 members (excludes halogenated alkanes) is 1. The molecular formula is C27H33N7O5. The van der Waals surface area contributed by atoms with Gasteiger partial charge in [-0.1, -0.05) is 13.3 Å². The summed E-state index contributed by atoms with van der Waals surface area (Å²) in [6, 6.07) is 12.4. The van der Waals surface area contributed by atoms with Gasteiger partial charge in [-0.15, -0.1) is 5.10 Å². The summed E-state index contributed by atoms with van der Waals surface area (Å²) in [6.07, 6.45) is 2.77. The van der Waals surface area contributed by atoms with Crippen molar-refractivity contribution in [3.05, 3.63) is 42.0 Å². The molecule has 206 valence electrons. The average molecular weight is 536 g/mol. The zero-order valence-electron chi connectivity index (χ0n) is 22.3. The first kappa shape index (κ1) is 27.4. The van der Waals surface area contributed by atoms with Crippen molar-refractivity contribution in [1.29, 1.82) is 5.26 Å². The lowest BCUT2D eigenvalue weighted by atomic mass is 10.1. The van der Waals surface area contributed by atoms with E-state index in [1.54, 1.807) is 55.5 Å². The van der Waals surface area contributed by atoms with E-state index in [4.69, 9.17) is 29.9 Å². The van der Waals surface area contributed by atoms with E-state index in [1.807, 2.05) is 0 Å². The molecule has 39 heavy (non-hydrogen) atoms. The number of likely N-dealkylation sites (tertiary alicyclic amines) is 1. The molecule has 3 aromatic rings. The first-order chi connectivity index (χ1) is 18.9. The lowest BCUT2D eigenvalue weighted by Crippen LogP contribution is -2.42. The number of carbonyl (C=O) groups excluding carboxylic acids is 1. The van der Waals surface area contributed by atoms with Crippen LogP contribution in [0.1, 0.15) is 38.2 Å². The summed E-state index contributed by atoms with van der Waals surface area (Å²) in [4.78, 5) is 18.3. The molecule has 1 saturated heterocycles. The van der Waals surface area contributed by atoms with Gasteiger partial charge in [0.1, 0.15) is 6.10 Å². The molecule has 12 heteroatoms. The zero-order valence-corrected chi connectivity index (χ0v) is 22.3. The number of carbonyl (C=O) groups is 1. The van der Waals surface area contributed by atoms with E-state index in [1.165, 1.54) is 4.68 Å². The third kappa shape index (κ3) is 6.62. The van der Waals surface area contributed by atoms with Crippen LogP contribution < -0.4 is 25.3 Å². The number of benzene rings is 2. The second kappa shape index (κ2) is 12.7. The van der Waals surface area contributed by atoms with Gasteiger partial charge in [0.15, 0.2) is 11.5 Å². The normalized spacial score (nSPS) is 13.4. The number of nitrogens with two attached hydrogens (primary N) is 1. The maximum Gasteiger partial charge on any atom is 0.409 e. The van der Waals surface area contributed by atoms with E-state index in [0.29, 0.717) is 66.7 Å². The van der Waals surface area contributed by atoms with Crippen molar-refractivity contribution in [2.45, 2.75) is 38.7 Å². The predicted octanol–water partition coefficient (Wildman–Crippen LogP) is 4.26. The largest absolute Gasteiger partial charge is 0.493 e. The molecule has 0 saturated carbocycles. The molecule has 4 rings (SSSR count). The highest BCUT2D eigenvalue weighted by Crippen LogP contribution is 2.42. The van der Waals surface area contributed by atoms with Gasteiger partial charge in [0.2, 0.25) is 17.6 Å². The Kier molecular flexibility index (Phi) is 8.94. The Hall–Kier alpha value is -4.66. The van der Waals surface area contributed by atoms with Gasteiger partial charge in [-0.2, -0.15) is 14.9 Å². The van der Waals surface area contributed by atoms with Gasteiger partial charge in [-0.05, 0) is 30.7 Å². The second-order valence-electron chi connectivity index (χ2n) is 8.97. The standard InChI is InChI=1S/C27H33N7O5/c1-4-5-14-38-27(35)33-12-10-21(11-13-33)39-24-22(36-2)15-19(16-23(24)37-3)30-26-31-25(29)34(32-26)20-8-6-18(17-28)7-9-20/h6-9,15-16,21H,4-5,10-14H2,1-3H3,(H3,29,30,31,32). The highest BCUT2D eigenvalue weighted by atomic mass is 16.6. The number of aromatic nitrogens is 3. The maximum absolute atomic E-state index is 12.2. The molecule has 0 unspecified atom stereocenters. The first-order valence-electron chi connectivity index (χ1n) is 12.8. The van der Waals surface area contributed by atoms with E-state index in [-0.39, 0.29) is 24.1 Å². The summed E-state index contributed by atoms with van der Waals surface area (Å²) in [6.45, 7) is 3.60. The van der Waals surface area contributed by atoms with Crippen molar-refractivity contribution in [1.82, 2.24) is 19.7 Å². The summed E-state index contributed by atoms with van der Waals surface area (Å²) in [5.74, 6) is 1.87. The molecule has 1 aliphatic rings. The number of nitrogen functional groups attached to an aromatic ring is 1. The average Bonchev–Trinajstić information content (AvgIpc) is 3.33. The predicted molar refractivity (Wildman–Crippen MR) is 145 cm³/mol. The molecule has 0 atom stereocenters. The van der Waals surface area contributed by atoms with Gasteiger partial charge in [0, 0.05) is 43.8 Å². The lowest BCUT2D eigenvalue weighted by molar-refractivity contribution is 0.0651. The van der Waals surface area contributed by atoms with Gasteiger partial charge < -0.3 is 34.9 Å². The molecule has 0 bridgehead atoms. The van der Waals surface area contributed by atoms with Crippen LogP contribution in [0, 0.1) is 11.3 Å². The number of rotatable bonds is 10. The van der Waals surface area contributed by atoms with Crippen molar-refractivity contribution in [2.75, 3.05) is 45.0 Å². The van der Waals surface area contributed by atoms with Crippen molar-refractivity contribution < 1.29 is 23.7 Å². The molecular weight excluding hydrogens is 502 g/mol. The van der Waals surface area contributed by atoms with Crippen LogP contribution in [-0.4, -0.2) is 65.8 Å². The third-order valence-corrected chi connectivity index (χ3v) is 6.30.